The maximum atomic E-state index is 11.8. The first kappa shape index (κ1) is 12.6. The lowest BCUT2D eigenvalue weighted by Gasteiger charge is -2.06. The minimum atomic E-state index is -4.50. The Morgan fingerprint density at radius 2 is 2.19 bits per heavy atom. The quantitative estimate of drug-likeness (QED) is 0.840. The maximum Gasteiger partial charge on any atom is 0.422 e. The molecular formula is C7H6ClF3N2O3. The van der Waals surface area contributed by atoms with Gasteiger partial charge in [-0.15, -0.1) is 0 Å². The number of esters is 1. The van der Waals surface area contributed by atoms with Crippen LogP contribution in [0.3, 0.4) is 0 Å². The van der Waals surface area contributed by atoms with Gasteiger partial charge in [-0.05, 0) is 0 Å². The van der Waals surface area contributed by atoms with Crippen molar-refractivity contribution < 1.29 is 27.4 Å². The summed E-state index contributed by atoms with van der Waals surface area (Å²) in [6, 6.07) is 0. The molecule has 0 saturated heterocycles. The molecule has 5 nitrogen and oxygen atoms in total. The number of methoxy groups -OCH3 is 1. The molecule has 1 aromatic heterocycles. The Balaban J connectivity index is 2.77. The van der Waals surface area contributed by atoms with Crippen LogP contribution in [-0.4, -0.2) is 36.1 Å². The SMILES string of the molecule is COC(=O)c1n[nH]c(OCC(F)(F)F)c1Cl. The third-order valence-corrected chi connectivity index (χ3v) is 1.79. The van der Waals surface area contributed by atoms with E-state index in [0.29, 0.717) is 0 Å². The van der Waals surface area contributed by atoms with Crippen LogP contribution in [0.1, 0.15) is 10.5 Å². The highest BCUT2D eigenvalue weighted by molar-refractivity contribution is 6.34. The van der Waals surface area contributed by atoms with Crippen LogP contribution in [0.25, 0.3) is 0 Å². The summed E-state index contributed by atoms with van der Waals surface area (Å²) in [4.78, 5) is 11.0. The van der Waals surface area contributed by atoms with Crippen LogP contribution >= 0.6 is 11.6 Å². The molecule has 1 heterocycles. The van der Waals surface area contributed by atoms with E-state index < -0.39 is 24.6 Å². The van der Waals surface area contributed by atoms with Gasteiger partial charge in [-0.3, -0.25) is 0 Å². The predicted octanol–water partition coefficient (Wildman–Crippen LogP) is 1.79. The molecule has 16 heavy (non-hydrogen) atoms. The van der Waals surface area contributed by atoms with Crippen molar-refractivity contribution in [3.05, 3.63) is 10.7 Å². The highest BCUT2D eigenvalue weighted by Gasteiger charge is 2.30. The third kappa shape index (κ3) is 3.02. The molecule has 0 bridgehead atoms. The Bertz CT molecular complexity index is 391. The minimum Gasteiger partial charge on any atom is -0.467 e. The van der Waals surface area contributed by atoms with Crippen molar-refractivity contribution in [2.24, 2.45) is 0 Å². The number of hydrogen-bond donors (Lipinski definition) is 1. The highest BCUT2D eigenvalue weighted by Crippen LogP contribution is 2.27. The number of nitrogens with one attached hydrogen (secondary N) is 1. The molecular weight excluding hydrogens is 253 g/mol. The van der Waals surface area contributed by atoms with Gasteiger partial charge in [0.25, 0.3) is 0 Å². The number of nitrogens with zero attached hydrogens (tertiary/aromatic N) is 1. The summed E-state index contributed by atoms with van der Waals surface area (Å²) in [6.45, 7) is -1.53. The van der Waals surface area contributed by atoms with Crippen LogP contribution in [0.4, 0.5) is 13.2 Å². The summed E-state index contributed by atoms with van der Waals surface area (Å²) < 4.78 is 44.0. The highest BCUT2D eigenvalue weighted by atomic mass is 35.5. The average molecular weight is 259 g/mol. The molecule has 0 atom stereocenters. The molecule has 1 aromatic rings. The van der Waals surface area contributed by atoms with Crippen LogP contribution in [0.15, 0.2) is 0 Å². The summed E-state index contributed by atoms with van der Waals surface area (Å²) in [6.07, 6.45) is -4.50. The lowest BCUT2D eigenvalue weighted by atomic mass is 10.4. The Morgan fingerprint density at radius 1 is 1.56 bits per heavy atom. The fourth-order valence-electron chi connectivity index (χ4n) is 0.794. The molecule has 0 fully saturated rings. The van der Waals surface area contributed by atoms with Gasteiger partial charge in [0.15, 0.2) is 12.3 Å². The lowest BCUT2D eigenvalue weighted by Crippen LogP contribution is -2.19. The van der Waals surface area contributed by atoms with Gasteiger partial charge in [-0.25, -0.2) is 9.89 Å². The van der Waals surface area contributed by atoms with Gasteiger partial charge in [0.1, 0.15) is 5.02 Å². The number of halogens is 4. The second kappa shape index (κ2) is 4.60. The number of rotatable bonds is 3. The summed E-state index contributed by atoms with van der Waals surface area (Å²) >= 11 is 5.54. The van der Waals surface area contributed by atoms with Crippen LogP contribution in [0, 0.1) is 0 Å². The van der Waals surface area contributed by atoms with Gasteiger partial charge in [0.2, 0.25) is 5.88 Å². The fourth-order valence-corrected chi connectivity index (χ4v) is 1.01. The lowest BCUT2D eigenvalue weighted by molar-refractivity contribution is -0.154. The van der Waals surface area contributed by atoms with Crippen LogP contribution in [0.5, 0.6) is 5.88 Å². The van der Waals surface area contributed by atoms with E-state index in [1.807, 2.05) is 0 Å². The van der Waals surface area contributed by atoms with Crippen molar-refractivity contribution in [3.63, 3.8) is 0 Å². The van der Waals surface area contributed by atoms with Crippen molar-refractivity contribution in [1.82, 2.24) is 10.2 Å². The zero-order valence-electron chi connectivity index (χ0n) is 7.89. The average Bonchev–Trinajstić information content (AvgIpc) is 2.55. The van der Waals surface area contributed by atoms with Crippen molar-refractivity contribution in [1.29, 1.82) is 0 Å². The predicted molar refractivity (Wildman–Crippen MR) is 46.5 cm³/mol. The van der Waals surface area contributed by atoms with E-state index in [1.54, 1.807) is 0 Å². The number of carbonyl (C=O) groups excluding carboxylic acids is 1. The third-order valence-electron chi connectivity index (χ3n) is 1.44. The van der Waals surface area contributed by atoms with Gasteiger partial charge in [-0.2, -0.15) is 18.3 Å². The molecule has 0 aliphatic carbocycles. The van der Waals surface area contributed by atoms with E-state index in [9.17, 15) is 18.0 Å². The van der Waals surface area contributed by atoms with Gasteiger partial charge >= 0.3 is 12.1 Å². The number of alkyl halides is 3. The molecule has 9 heteroatoms. The Kier molecular flexibility index (Phi) is 3.63. The summed E-state index contributed by atoms with van der Waals surface area (Å²) in [5.74, 6) is -1.30. The normalized spacial score (nSPS) is 11.3. The van der Waals surface area contributed by atoms with Crippen molar-refractivity contribution in [2.75, 3.05) is 13.7 Å². The topological polar surface area (TPSA) is 64.2 Å². The molecule has 0 aliphatic rings. The van der Waals surface area contributed by atoms with Gasteiger partial charge in [0, 0.05) is 0 Å². The number of carbonyl (C=O) groups is 1. The van der Waals surface area contributed by atoms with Crippen molar-refractivity contribution in [2.45, 2.75) is 6.18 Å². The first-order valence-electron chi connectivity index (χ1n) is 3.87. The molecule has 0 amide bonds. The summed E-state index contributed by atoms with van der Waals surface area (Å²) in [5, 5.41) is 5.07. The van der Waals surface area contributed by atoms with E-state index in [2.05, 4.69) is 19.7 Å². The molecule has 90 valence electrons. The van der Waals surface area contributed by atoms with Crippen LogP contribution < -0.4 is 4.74 Å². The standard InChI is InChI=1S/C7H6ClF3N2O3/c1-15-6(14)4-3(8)5(13-12-4)16-2-7(9,10)11/h2H2,1H3,(H,12,13). The zero-order valence-corrected chi connectivity index (χ0v) is 8.65. The van der Waals surface area contributed by atoms with E-state index >= 15 is 0 Å². The molecule has 1 N–H and O–H groups in total. The van der Waals surface area contributed by atoms with Gasteiger partial charge < -0.3 is 9.47 Å². The minimum absolute atomic E-state index is 0.332. The van der Waals surface area contributed by atoms with Crippen LogP contribution in [0.2, 0.25) is 5.02 Å². The Labute approximate surface area is 92.5 Å². The van der Waals surface area contributed by atoms with E-state index in [1.165, 1.54) is 0 Å². The Hall–Kier alpha value is -1.44. The van der Waals surface area contributed by atoms with Crippen molar-refractivity contribution in [3.8, 4) is 5.88 Å². The number of aromatic nitrogens is 2. The summed E-state index contributed by atoms with van der Waals surface area (Å²) in [5.41, 5.74) is -0.332. The second-order valence-electron chi connectivity index (χ2n) is 2.61. The van der Waals surface area contributed by atoms with E-state index in [-0.39, 0.29) is 10.7 Å². The van der Waals surface area contributed by atoms with E-state index in [0.717, 1.165) is 7.11 Å². The number of ether oxygens (including phenoxy) is 2. The molecule has 1 rings (SSSR count). The molecule has 0 saturated carbocycles. The van der Waals surface area contributed by atoms with E-state index in [4.69, 9.17) is 11.6 Å². The number of hydrogen-bond acceptors (Lipinski definition) is 4. The Morgan fingerprint density at radius 3 is 2.69 bits per heavy atom. The first-order valence-corrected chi connectivity index (χ1v) is 4.24. The van der Waals surface area contributed by atoms with Crippen molar-refractivity contribution >= 4 is 17.6 Å². The largest absolute Gasteiger partial charge is 0.467 e. The number of aromatic amines is 1. The monoisotopic (exact) mass is 258 g/mol. The number of H-pyrrole nitrogens is 1. The molecule has 0 aromatic carbocycles. The molecule has 0 radical (unpaired) electrons. The van der Waals surface area contributed by atoms with Gasteiger partial charge in [0.05, 0.1) is 7.11 Å². The molecule has 0 aliphatic heterocycles. The van der Waals surface area contributed by atoms with Gasteiger partial charge in [-0.1, -0.05) is 11.6 Å². The zero-order chi connectivity index (χ0) is 12.3. The summed E-state index contributed by atoms with van der Waals surface area (Å²) in [7, 11) is 1.09. The first-order chi connectivity index (χ1) is 7.35. The smallest absolute Gasteiger partial charge is 0.422 e. The molecule has 0 spiro atoms. The van der Waals surface area contributed by atoms with Crippen LogP contribution in [-0.2, 0) is 4.74 Å². The fraction of sp³-hybridized carbons (Fsp3) is 0.429. The molecule has 0 unspecified atom stereocenters. The maximum absolute atomic E-state index is 11.8. The second-order valence-corrected chi connectivity index (χ2v) is 2.99.